The van der Waals surface area contributed by atoms with Crippen molar-refractivity contribution in [1.29, 1.82) is 0 Å². The lowest BCUT2D eigenvalue weighted by Gasteiger charge is -2.32. The summed E-state index contributed by atoms with van der Waals surface area (Å²) < 4.78 is 4.86. The van der Waals surface area contributed by atoms with Crippen molar-refractivity contribution in [3.63, 3.8) is 0 Å². The fourth-order valence-corrected chi connectivity index (χ4v) is 0.812. The van der Waals surface area contributed by atoms with Crippen LogP contribution in [0, 0.1) is 0 Å². The second-order valence-corrected chi connectivity index (χ2v) is 4.30. The van der Waals surface area contributed by atoms with Crippen LogP contribution < -0.4 is 0 Å². The van der Waals surface area contributed by atoms with E-state index in [2.05, 4.69) is 0 Å². The number of carbonyl (C=O) groups is 2. The smallest absolute Gasteiger partial charge is 0.331 e. The van der Waals surface area contributed by atoms with Gasteiger partial charge >= 0.3 is 11.9 Å². The molecule has 0 aliphatic carbocycles. The van der Waals surface area contributed by atoms with E-state index >= 15 is 0 Å². The first-order chi connectivity index (χ1) is 7.25. The molecular weight excluding hydrogens is 246 g/mol. The monoisotopic (exact) mass is 265 g/mol. The minimum Gasteiger partial charge on any atom is -0.478 e. The van der Waals surface area contributed by atoms with Crippen molar-refractivity contribution in [3.05, 3.63) is 12.2 Å². The molecule has 0 spiro atoms. The van der Waals surface area contributed by atoms with Gasteiger partial charge in [-0.15, -0.1) is 12.4 Å². The molecule has 0 aromatic rings. The van der Waals surface area contributed by atoms with Crippen LogP contribution >= 0.6 is 12.4 Å². The summed E-state index contributed by atoms with van der Waals surface area (Å²) in [6.45, 7) is 4.34. The van der Waals surface area contributed by atoms with Gasteiger partial charge in [-0.05, 0) is 34.4 Å². The normalized spacial score (nSPS) is 11.4. The number of rotatable bonds is 6. The third kappa shape index (κ3) is 8.71. The highest BCUT2D eigenvalue weighted by atomic mass is 35.5. The maximum Gasteiger partial charge on any atom is 0.331 e. The van der Waals surface area contributed by atoms with Crippen molar-refractivity contribution in [1.82, 2.24) is 4.90 Å². The molecule has 0 radical (unpaired) electrons. The van der Waals surface area contributed by atoms with E-state index in [1.165, 1.54) is 0 Å². The number of aliphatic carboxylic acids is 1. The van der Waals surface area contributed by atoms with Gasteiger partial charge in [0.2, 0.25) is 0 Å². The van der Waals surface area contributed by atoms with Crippen LogP contribution in [0.2, 0.25) is 0 Å². The summed E-state index contributed by atoms with van der Waals surface area (Å²) >= 11 is 0. The van der Waals surface area contributed by atoms with Crippen LogP contribution in [0.1, 0.15) is 20.3 Å². The van der Waals surface area contributed by atoms with E-state index in [1.807, 2.05) is 32.8 Å². The molecule has 5 nitrogen and oxygen atoms in total. The van der Waals surface area contributed by atoms with Crippen molar-refractivity contribution in [2.24, 2.45) is 0 Å². The molecular formula is C11H20ClNO4. The fraction of sp³-hybridized carbons (Fsp3) is 0.636. The lowest BCUT2D eigenvalue weighted by Crippen LogP contribution is -2.39. The molecule has 0 saturated carbocycles. The topological polar surface area (TPSA) is 66.8 Å². The first-order valence-corrected chi connectivity index (χ1v) is 5.01. The molecule has 0 rings (SSSR count). The average molecular weight is 266 g/mol. The van der Waals surface area contributed by atoms with Crippen molar-refractivity contribution in [2.75, 3.05) is 20.7 Å². The molecule has 0 fully saturated rings. The molecule has 0 unspecified atom stereocenters. The quantitative estimate of drug-likeness (QED) is 0.580. The predicted octanol–water partition coefficient (Wildman–Crippen LogP) is 1.32. The molecule has 0 heterocycles. The summed E-state index contributed by atoms with van der Waals surface area (Å²) in [7, 11) is 3.90. The highest BCUT2D eigenvalue weighted by Gasteiger charge is 2.20. The second-order valence-electron chi connectivity index (χ2n) is 4.30. The first-order valence-electron chi connectivity index (χ1n) is 5.01. The van der Waals surface area contributed by atoms with Gasteiger partial charge in [0.15, 0.2) is 0 Å². The summed E-state index contributed by atoms with van der Waals surface area (Å²) in [5, 5.41) is 8.29. The van der Waals surface area contributed by atoms with E-state index in [4.69, 9.17) is 9.84 Å². The molecule has 0 aliphatic heterocycles. The predicted molar refractivity (Wildman–Crippen MR) is 67.4 cm³/mol. The maximum atomic E-state index is 11.0. The number of carboxylic acid groups (broad SMARTS) is 1. The van der Waals surface area contributed by atoms with Crippen LogP contribution in [0.3, 0.4) is 0 Å². The molecule has 0 amide bonds. The van der Waals surface area contributed by atoms with Crippen LogP contribution in [0.5, 0.6) is 0 Å². The molecule has 0 atom stereocenters. The lowest BCUT2D eigenvalue weighted by molar-refractivity contribution is -0.139. The molecule has 0 aromatic carbocycles. The van der Waals surface area contributed by atoms with Crippen LogP contribution in [0.4, 0.5) is 0 Å². The number of esters is 1. The van der Waals surface area contributed by atoms with E-state index < -0.39 is 11.9 Å². The third-order valence-electron chi connectivity index (χ3n) is 2.53. The zero-order valence-corrected chi connectivity index (χ0v) is 11.4. The van der Waals surface area contributed by atoms with Crippen LogP contribution in [-0.4, -0.2) is 48.2 Å². The average Bonchev–Trinajstić information content (AvgIpc) is 2.14. The Bertz CT molecular complexity index is 287. The number of carbonyl (C=O) groups excluding carboxylic acids is 1. The van der Waals surface area contributed by atoms with Gasteiger partial charge in [0, 0.05) is 17.7 Å². The Labute approximate surface area is 108 Å². The van der Waals surface area contributed by atoms with Crippen molar-refractivity contribution < 1.29 is 19.4 Å². The van der Waals surface area contributed by atoms with E-state index in [0.29, 0.717) is 6.42 Å². The van der Waals surface area contributed by atoms with E-state index in [0.717, 1.165) is 12.2 Å². The lowest BCUT2D eigenvalue weighted by atomic mass is 10.0. The Morgan fingerprint density at radius 2 is 1.82 bits per heavy atom. The largest absolute Gasteiger partial charge is 0.478 e. The van der Waals surface area contributed by atoms with Gasteiger partial charge in [-0.25, -0.2) is 9.59 Å². The van der Waals surface area contributed by atoms with Crippen LogP contribution in [0.15, 0.2) is 12.2 Å². The highest BCUT2D eigenvalue weighted by Crippen LogP contribution is 2.14. The molecule has 0 bridgehead atoms. The van der Waals surface area contributed by atoms with Crippen LogP contribution in [0.25, 0.3) is 0 Å². The molecule has 17 heavy (non-hydrogen) atoms. The van der Waals surface area contributed by atoms with Gasteiger partial charge < -0.3 is 14.7 Å². The molecule has 1 N–H and O–H groups in total. The molecule has 0 saturated heterocycles. The summed E-state index contributed by atoms with van der Waals surface area (Å²) in [5.41, 5.74) is -0.0587. The van der Waals surface area contributed by atoms with Crippen molar-refractivity contribution >= 4 is 24.3 Å². The zero-order valence-electron chi connectivity index (χ0n) is 10.6. The van der Waals surface area contributed by atoms with E-state index in [1.54, 1.807) is 0 Å². The summed E-state index contributed by atoms with van der Waals surface area (Å²) in [4.78, 5) is 23.2. The van der Waals surface area contributed by atoms with Gasteiger partial charge in [-0.2, -0.15) is 0 Å². The third-order valence-corrected chi connectivity index (χ3v) is 2.53. The molecule has 100 valence electrons. The van der Waals surface area contributed by atoms with Gasteiger partial charge in [0.05, 0.1) is 6.61 Å². The standard InChI is InChI=1S/C11H19NO4.ClH/c1-11(2,12(3)4)7-8-16-10(15)6-5-9(13)14;/h5-6H,7-8H2,1-4H3,(H,13,14);1H/b6-5+;. The number of nitrogens with zero attached hydrogens (tertiary/aromatic N) is 1. The number of hydrogen-bond acceptors (Lipinski definition) is 4. The number of ether oxygens (including phenoxy) is 1. The number of hydrogen-bond donors (Lipinski definition) is 1. The Balaban J connectivity index is 0. The van der Waals surface area contributed by atoms with Gasteiger partial charge in [-0.1, -0.05) is 0 Å². The minimum atomic E-state index is -1.16. The Morgan fingerprint density at radius 1 is 1.29 bits per heavy atom. The fourth-order valence-electron chi connectivity index (χ4n) is 0.812. The van der Waals surface area contributed by atoms with Gasteiger partial charge in [-0.3, -0.25) is 0 Å². The maximum absolute atomic E-state index is 11.0. The van der Waals surface area contributed by atoms with Gasteiger partial charge in [0.25, 0.3) is 0 Å². The number of halogens is 1. The van der Waals surface area contributed by atoms with Gasteiger partial charge in [0.1, 0.15) is 0 Å². The molecule has 0 aromatic heterocycles. The Hall–Kier alpha value is -1.07. The second kappa shape index (κ2) is 8.08. The van der Waals surface area contributed by atoms with E-state index in [9.17, 15) is 9.59 Å². The highest BCUT2D eigenvalue weighted by molar-refractivity contribution is 5.90. The summed E-state index contributed by atoms with van der Waals surface area (Å²) in [6.07, 6.45) is 2.36. The zero-order chi connectivity index (χ0) is 12.8. The summed E-state index contributed by atoms with van der Waals surface area (Å²) in [6, 6.07) is 0. The van der Waals surface area contributed by atoms with Crippen molar-refractivity contribution in [2.45, 2.75) is 25.8 Å². The Kier molecular flexibility index (Phi) is 8.70. The van der Waals surface area contributed by atoms with Crippen molar-refractivity contribution in [3.8, 4) is 0 Å². The van der Waals surface area contributed by atoms with Crippen LogP contribution in [-0.2, 0) is 14.3 Å². The SMILES string of the molecule is CN(C)C(C)(C)CCOC(=O)/C=C/C(=O)O.Cl. The molecule has 0 aliphatic rings. The van der Waals surface area contributed by atoms with E-state index in [-0.39, 0.29) is 24.6 Å². The number of carboxylic acids is 1. The minimum absolute atomic E-state index is 0. The summed E-state index contributed by atoms with van der Waals surface area (Å²) in [5.74, 6) is -1.79. The molecule has 6 heteroatoms. The Morgan fingerprint density at radius 3 is 2.24 bits per heavy atom. The first kappa shape index (κ1) is 18.3.